The summed E-state index contributed by atoms with van der Waals surface area (Å²) in [6.07, 6.45) is 1.71. The molecule has 5 nitrogen and oxygen atoms in total. The van der Waals surface area contributed by atoms with Crippen LogP contribution in [0.15, 0.2) is 35.3 Å². The molecule has 0 aliphatic carbocycles. The lowest BCUT2D eigenvalue weighted by Crippen LogP contribution is -2.23. The van der Waals surface area contributed by atoms with E-state index in [1.807, 2.05) is 12.1 Å². The average molecular weight is 231 g/mol. The SMILES string of the molecule is COc1cccc(Cn2ccc(C)nc2=O)n1. The second-order valence-electron chi connectivity index (χ2n) is 3.65. The highest BCUT2D eigenvalue weighted by molar-refractivity contribution is 5.16. The number of ether oxygens (including phenoxy) is 1. The van der Waals surface area contributed by atoms with E-state index in [9.17, 15) is 4.79 Å². The van der Waals surface area contributed by atoms with Crippen LogP contribution in [0.3, 0.4) is 0 Å². The van der Waals surface area contributed by atoms with Gasteiger partial charge in [-0.05, 0) is 19.1 Å². The quantitative estimate of drug-likeness (QED) is 0.790. The van der Waals surface area contributed by atoms with Gasteiger partial charge in [-0.25, -0.2) is 9.78 Å². The highest BCUT2D eigenvalue weighted by Crippen LogP contribution is 2.07. The maximum Gasteiger partial charge on any atom is 0.348 e. The van der Waals surface area contributed by atoms with E-state index >= 15 is 0 Å². The first kappa shape index (κ1) is 11.3. The third-order valence-corrected chi connectivity index (χ3v) is 2.34. The maximum absolute atomic E-state index is 11.6. The zero-order chi connectivity index (χ0) is 12.3. The molecule has 17 heavy (non-hydrogen) atoms. The zero-order valence-corrected chi connectivity index (χ0v) is 9.75. The van der Waals surface area contributed by atoms with Crippen molar-refractivity contribution in [3.63, 3.8) is 0 Å². The van der Waals surface area contributed by atoms with Crippen LogP contribution in [0, 0.1) is 6.92 Å². The first-order valence-corrected chi connectivity index (χ1v) is 5.23. The number of aromatic nitrogens is 3. The minimum absolute atomic E-state index is 0.269. The molecule has 0 unspecified atom stereocenters. The largest absolute Gasteiger partial charge is 0.481 e. The van der Waals surface area contributed by atoms with Crippen LogP contribution < -0.4 is 10.4 Å². The van der Waals surface area contributed by atoms with Crippen LogP contribution in [0.1, 0.15) is 11.4 Å². The molecule has 0 aromatic carbocycles. The van der Waals surface area contributed by atoms with Gasteiger partial charge in [0.05, 0.1) is 19.3 Å². The number of hydrogen-bond acceptors (Lipinski definition) is 4. The van der Waals surface area contributed by atoms with Gasteiger partial charge in [0, 0.05) is 18.0 Å². The molecule has 0 bridgehead atoms. The second kappa shape index (κ2) is 4.78. The van der Waals surface area contributed by atoms with Crippen molar-refractivity contribution < 1.29 is 4.74 Å². The Balaban J connectivity index is 2.28. The van der Waals surface area contributed by atoms with E-state index < -0.39 is 0 Å². The lowest BCUT2D eigenvalue weighted by molar-refractivity contribution is 0.395. The third kappa shape index (κ3) is 2.69. The van der Waals surface area contributed by atoms with Gasteiger partial charge in [0.15, 0.2) is 0 Å². The zero-order valence-electron chi connectivity index (χ0n) is 9.75. The lowest BCUT2D eigenvalue weighted by Gasteiger charge is -2.05. The second-order valence-corrected chi connectivity index (χ2v) is 3.65. The molecule has 0 radical (unpaired) electrons. The Morgan fingerprint density at radius 3 is 2.82 bits per heavy atom. The first-order chi connectivity index (χ1) is 8.19. The van der Waals surface area contributed by atoms with Crippen LogP contribution in [0.4, 0.5) is 0 Å². The summed E-state index contributed by atoms with van der Waals surface area (Å²) in [5, 5.41) is 0. The monoisotopic (exact) mass is 231 g/mol. The summed E-state index contributed by atoms with van der Waals surface area (Å²) < 4.78 is 6.54. The molecular weight excluding hydrogens is 218 g/mol. The molecule has 0 atom stereocenters. The van der Waals surface area contributed by atoms with E-state index in [4.69, 9.17) is 4.74 Å². The average Bonchev–Trinajstić information content (AvgIpc) is 2.33. The highest BCUT2D eigenvalue weighted by Gasteiger charge is 2.01. The molecule has 0 amide bonds. The molecule has 0 saturated heterocycles. The summed E-state index contributed by atoms with van der Waals surface area (Å²) in [5.41, 5.74) is 1.21. The number of nitrogens with zero attached hydrogens (tertiary/aromatic N) is 3. The molecule has 0 saturated carbocycles. The van der Waals surface area contributed by atoms with E-state index in [-0.39, 0.29) is 5.69 Å². The summed E-state index contributed by atoms with van der Waals surface area (Å²) in [5.74, 6) is 0.538. The molecule has 0 spiro atoms. The molecule has 2 heterocycles. The van der Waals surface area contributed by atoms with Crippen molar-refractivity contribution in [3.05, 3.63) is 52.3 Å². The Bertz CT molecular complexity index is 578. The summed E-state index contributed by atoms with van der Waals surface area (Å²) in [6.45, 7) is 2.18. The fourth-order valence-electron chi connectivity index (χ4n) is 1.47. The van der Waals surface area contributed by atoms with Crippen molar-refractivity contribution in [1.82, 2.24) is 14.5 Å². The molecule has 0 aliphatic rings. The van der Waals surface area contributed by atoms with Gasteiger partial charge >= 0.3 is 5.69 Å². The van der Waals surface area contributed by atoms with Gasteiger partial charge in [-0.1, -0.05) is 6.07 Å². The van der Waals surface area contributed by atoms with Gasteiger partial charge in [-0.3, -0.25) is 4.57 Å². The van der Waals surface area contributed by atoms with Crippen LogP contribution in [0.5, 0.6) is 5.88 Å². The van der Waals surface area contributed by atoms with Crippen LogP contribution in [-0.4, -0.2) is 21.6 Å². The van der Waals surface area contributed by atoms with Gasteiger partial charge in [0.1, 0.15) is 0 Å². The molecule has 0 N–H and O–H groups in total. The van der Waals surface area contributed by atoms with Crippen LogP contribution in [0.25, 0.3) is 0 Å². The van der Waals surface area contributed by atoms with E-state index in [1.54, 1.807) is 32.4 Å². The van der Waals surface area contributed by atoms with Crippen molar-refractivity contribution in [2.75, 3.05) is 7.11 Å². The molecule has 5 heteroatoms. The van der Waals surface area contributed by atoms with Crippen LogP contribution in [-0.2, 0) is 6.54 Å². The van der Waals surface area contributed by atoms with Crippen molar-refractivity contribution in [2.24, 2.45) is 0 Å². The Labute approximate surface area is 98.7 Å². The number of hydrogen-bond donors (Lipinski definition) is 0. The van der Waals surface area contributed by atoms with Crippen molar-refractivity contribution >= 4 is 0 Å². The third-order valence-electron chi connectivity index (χ3n) is 2.34. The molecular formula is C12H13N3O2. The lowest BCUT2D eigenvalue weighted by atomic mass is 10.3. The maximum atomic E-state index is 11.6. The summed E-state index contributed by atoms with van der Waals surface area (Å²) >= 11 is 0. The molecule has 0 fully saturated rings. The van der Waals surface area contributed by atoms with Gasteiger partial charge in [0.2, 0.25) is 5.88 Å². The smallest absolute Gasteiger partial charge is 0.348 e. The van der Waals surface area contributed by atoms with Gasteiger partial charge in [-0.2, -0.15) is 4.98 Å². The molecule has 2 aromatic rings. The Morgan fingerprint density at radius 1 is 1.29 bits per heavy atom. The minimum Gasteiger partial charge on any atom is -0.481 e. The standard InChI is InChI=1S/C12H13N3O2/c1-9-6-7-15(12(16)13-9)8-10-4-3-5-11(14-10)17-2/h3-7H,8H2,1-2H3. The van der Waals surface area contributed by atoms with Crippen LogP contribution >= 0.6 is 0 Å². The van der Waals surface area contributed by atoms with Gasteiger partial charge in [0.25, 0.3) is 0 Å². The predicted octanol–water partition coefficient (Wildman–Crippen LogP) is 1.00. The minimum atomic E-state index is -0.269. The van der Waals surface area contributed by atoms with Crippen molar-refractivity contribution in [2.45, 2.75) is 13.5 Å². The topological polar surface area (TPSA) is 57.0 Å². The Hall–Kier alpha value is -2.17. The molecule has 2 aromatic heterocycles. The van der Waals surface area contributed by atoms with E-state index in [0.717, 1.165) is 5.69 Å². The summed E-state index contributed by atoms with van der Waals surface area (Å²) in [7, 11) is 1.56. The molecule has 0 aliphatic heterocycles. The normalized spacial score (nSPS) is 10.2. The predicted molar refractivity (Wildman–Crippen MR) is 63.1 cm³/mol. The van der Waals surface area contributed by atoms with Crippen LogP contribution in [0.2, 0.25) is 0 Å². The van der Waals surface area contributed by atoms with Gasteiger partial charge in [-0.15, -0.1) is 0 Å². The number of rotatable bonds is 3. The summed E-state index contributed by atoms with van der Waals surface area (Å²) in [4.78, 5) is 19.7. The number of pyridine rings is 1. The van der Waals surface area contributed by atoms with Crippen molar-refractivity contribution in [3.8, 4) is 5.88 Å². The fourth-order valence-corrected chi connectivity index (χ4v) is 1.47. The van der Waals surface area contributed by atoms with E-state index in [1.165, 1.54) is 4.57 Å². The molecule has 2 rings (SSSR count). The molecule has 88 valence electrons. The van der Waals surface area contributed by atoms with Gasteiger partial charge < -0.3 is 4.74 Å². The van der Waals surface area contributed by atoms with E-state index in [2.05, 4.69) is 9.97 Å². The Kier molecular flexibility index (Phi) is 3.18. The fraction of sp³-hybridized carbons (Fsp3) is 0.250. The number of aryl methyl sites for hydroxylation is 1. The van der Waals surface area contributed by atoms with Crippen molar-refractivity contribution in [1.29, 1.82) is 0 Å². The highest BCUT2D eigenvalue weighted by atomic mass is 16.5. The Morgan fingerprint density at radius 2 is 2.12 bits per heavy atom. The number of methoxy groups -OCH3 is 1. The summed E-state index contributed by atoms with van der Waals surface area (Å²) in [6, 6.07) is 7.24. The first-order valence-electron chi connectivity index (χ1n) is 5.23. The van der Waals surface area contributed by atoms with E-state index in [0.29, 0.717) is 18.1 Å².